The van der Waals surface area contributed by atoms with Gasteiger partial charge in [-0.3, -0.25) is 14.4 Å². The molecule has 0 bridgehead atoms. The quantitative estimate of drug-likeness (QED) is 0.0261. The summed E-state index contributed by atoms with van der Waals surface area (Å²) < 4.78 is 16.8. The summed E-state index contributed by atoms with van der Waals surface area (Å²) in [6, 6.07) is 0. The molecule has 6 nitrogen and oxygen atoms in total. The molecule has 0 N–H and O–H groups in total. The van der Waals surface area contributed by atoms with Gasteiger partial charge in [0.2, 0.25) is 0 Å². The SMILES string of the molecule is CC/C=C\C/C=C\C/C=C\C/C=C\C/C=C\CCCC(=O)OC(COC(=O)CCCCCCCCC/C=C\C/C=C\C/C=C\CC)COC(=O)CCCCCCCCCCC/C=C\CCCCCCCCCC. The van der Waals surface area contributed by atoms with Crippen molar-refractivity contribution in [3.05, 3.63) is 109 Å². The molecule has 0 saturated heterocycles. The number of allylic oxidation sites excluding steroid dienone is 18. The van der Waals surface area contributed by atoms with Crippen molar-refractivity contribution in [3.8, 4) is 0 Å². The zero-order valence-corrected chi connectivity index (χ0v) is 47.6. The van der Waals surface area contributed by atoms with Gasteiger partial charge in [0, 0.05) is 19.3 Å². The lowest BCUT2D eigenvalue weighted by molar-refractivity contribution is -0.167. The number of rotatable bonds is 54. The van der Waals surface area contributed by atoms with Crippen molar-refractivity contribution in [3.63, 3.8) is 0 Å². The van der Waals surface area contributed by atoms with Crippen molar-refractivity contribution in [1.82, 2.24) is 0 Å². The van der Waals surface area contributed by atoms with Crippen molar-refractivity contribution in [2.75, 3.05) is 13.2 Å². The molecule has 0 fully saturated rings. The van der Waals surface area contributed by atoms with Crippen molar-refractivity contribution >= 4 is 17.9 Å². The Kier molecular flexibility index (Phi) is 57.4. The van der Waals surface area contributed by atoms with Crippen LogP contribution in [0, 0.1) is 0 Å². The molecule has 73 heavy (non-hydrogen) atoms. The first kappa shape index (κ1) is 69.1. The fourth-order valence-electron chi connectivity index (χ4n) is 8.25. The number of carbonyl (C=O) groups excluding carboxylic acids is 3. The maximum absolute atomic E-state index is 12.9. The first-order chi connectivity index (χ1) is 36.0. The molecule has 1 unspecified atom stereocenters. The van der Waals surface area contributed by atoms with E-state index in [2.05, 4.69) is 130 Å². The zero-order chi connectivity index (χ0) is 52.9. The molecule has 0 rings (SSSR count). The van der Waals surface area contributed by atoms with Crippen LogP contribution >= 0.6 is 0 Å². The van der Waals surface area contributed by atoms with E-state index in [1.165, 1.54) is 128 Å². The van der Waals surface area contributed by atoms with E-state index in [0.717, 1.165) is 103 Å². The smallest absolute Gasteiger partial charge is 0.306 e. The Morgan fingerprint density at radius 2 is 0.548 bits per heavy atom. The molecule has 0 aromatic rings. The van der Waals surface area contributed by atoms with Crippen LogP contribution in [-0.4, -0.2) is 37.2 Å². The average Bonchev–Trinajstić information content (AvgIpc) is 3.39. The van der Waals surface area contributed by atoms with Gasteiger partial charge in [-0.25, -0.2) is 0 Å². The summed E-state index contributed by atoms with van der Waals surface area (Å²) in [5.41, 5.74) is 0. The van der Waals surface area contributed by atoms with E-state index in [9.17, 15) is 14.4 Å². The van der Waals surface area contributed by atoms with Gasteiger partial charge in [0.25, 0.3) is 0 Å². The maximum atomic E-state index is 12.9. The molecular formula is C67H112O6. The Bertz CT molecular complexity index is 1490. The van der Waals surface area contributed by atoms with Crippen LogP contribution in [0.5, 0.6) is 0 Å². The highest BCUT2D eigenvalue weighted by Crippen LogP contribution is 2.15. The number of unbranched alkanes of at least 4 members (excludes halogenated alkanes) is 25. The van der Waals surface area contributed by atoms with E-state index in [1.807, 2.05) is 0 Å². The monoisotopic (exact) mass is 1010 g/mol. The molecule has 1 atom stereocenters. The summed E-state index contributed by atoms with van der Waals surface area (Å²) >= 11 is 0. The van der Waals surface area contributed by atoms with E-state index in [0.29, 0.717) is 19.3 Å². The van der Waals surface area contributed by atoms with Gasteiger partial charge < -0.3 is 14.2 Å². The summed E-state index contributed by atoms with van der Waals surface area (Å²) in [7, 11) is 0. The molecule has 0 amide bonds. The Labute approximate surface area is 450 Å². The molecular weight excluding hydrogens is 901 g/mol. The van der Waals surface area contributed by atoms with Gasteiger partial charge >= 0.3 is 17.9 Å². The number of ether oxygens (including phenoxy) is 3. The lowest BCUT2D eigenvalue weighted by atomic mass is 10.1. The second-order valence-corrected chi connectivity index (χ2v) is 19.8. The molecule has 0 aliphatic carbocycles. The molecule has 0 aromatic heterocycles. The Morgan fingerprint density at radius 1 is 0.288 bits per heavy atom. The van der Waals surface area contributed by atoms with E-state index in [-0.39, 0.29) is 37.5 Å². The highest BCUT2D eigenvalue weighted by molar-refractivity contribution is 5.71. The Morgan fingerprint density at radius 3 is 0.890 bits per heavy atom. The van der Waals surface area contributed by atoms with Gasteiger partial charge in [-0.05, 0) is 116 Å². The third-order valence-electron chi connectivity index (χ3n) is 12.7. The van der Waals surface area contributed by atoms with E-state index in [1.54, 1.807) is 0 Å². The second-order valence-electron chi connectivity index (χ2n) is 19.8. The summed E-state index contributed by atoms with van der Waals surface area (Å²) in [6.45, 7) is 6.37. The average molecular weight is 1010 g/mol. The van der Waals surface area contributed by atoms with E-state index < -0.39 is 6.10 Å². The zero-order valence-electron chi connectivity index (χ0n) is 47.6. The van der Waals surface area contributed by atoms with Gasteiger partial charge in [0.15, 0.2) is 6.10 Å². The standard InChI is InChI=1S/C67H112O6/c1-4-7-10-13-16-19-22-25-28-31-32-33-34-37-39-42-45-48-51-54-57-60-66(69)72-63-64(73-67(70)61-58-55-52-49-46-43-40-36-30-27-24-21-18-15-12-9-6-3)62-71-65(68)59-56-53-50-47-44-41-38-35-29-26-23-20-17-14-11-8-5-2/h8-9,11-12,17-18,20-21,26-27,29-32,40,43,49,52,64H,4-7,10,13-16,19,22-25,28,33-39,41-42,44-48,50-51,53-63H2,1-3H3/b11-8-,12-9-,20-17-,21-18-,29-26-,30-27-,32-31-,43-40-,52-49-. The Balaban J connectivity index is 4.46. The second kappa shape index (κ2) is 60.6. The number of carbonyl (C=O) groups is 3. The summed E-state index contributed by atoms with van der Waals surface area (Å²) in [5.74, 6) is -0.973. The first-order valence-electron chi connectivity index (χ1n) is 30.4. The number of hydrogen-bond donors (Lipinski definition) is 0. The largest absolute Gasteiger partial charge is 0.462 e. The fraction of sp³-hybridized carbons (Fsp3) is 0.687. The third kappa shape index (κ3) is 58.8. The minimum atomic E-state index is -0.816. The molecule has 0 radical (unpaired) electrons. The number of esters is 3. The van der Waals surface area contributed by atoms with Crippen LogP contribution in [0.15, 0.2) is 109 Å². The lowest BCUT2D eigenvalue weighted by Gasteiger charge is -2.18. The fourth-order valence-corrected chi connectivity index (χ4v) is 8.25. The van der Waals surface area contributed by atoms with Crippen LogP contribution in [0.2, 0.25) is 0 Å². The van der Waals surface area contributed by atoms with Crippen molar-refractivity contribution < 1.29 is 28.6 Å². The van der Waals surface area contributed by atoms with Crippen molar-refractivity contribution in [2.45, 2.75) is 284 Å². The molecule has 0 spiro atoms. The van der Waals surface area contributed by atoms with Crippen LogP contribution in [-0.2, 0) is 28.6 Å². The normalized spacial score (nSPS) is 12.9. The minimum Gasteiger partial charge on any atom is -0.462 e. The van der Waals surface area contributed by atoms with Gasteiger partial charge in [-0.1, -0.05) is 252 Å². The van der Waals surface area contributed by atoms with Crippen LogP contribution in [0.25, 0.3) is 0 Å². The Hall–Kier alpha value is -3.93. The third-order valence-corrected chi connectivity index (χ3v) is 12.7. The van der Waals surface area contributed by atoms with Crippen molar-refractivity contribution in [2.24, 2.45) is 0 Å². The predicted octanol–water partition coefficient (Wildman–Crippen LogP) is 20.7. The van der Waals surface area contributed by atoms with Crippen LogP contribution in [0.3, 0.4) is 0 Å². The van der Waals surface area contributed by atoms with Gasteiger partial charge in [-0.2, -0.15) is 0 Å². The van der Waals surface area contributed by atoms with E-state index in [4.69, 9.17) is 14.2 Å². The molecule has 0 saturated carbocycles. The minimum absolute atomic E-state index is 0.106. The van der Waals surface area contributed by atoms with Crippen LogP contribution in [0.4, 0.5) is 0 Å². The summed E-state index contributed by atoms with van der Waals surface area (Å²) in [6.07, 6.45) is 82.3. The van der Waals surface area contributed by atoms with Gasteiger partial charge in [0.1, 0.15) is 13.2 Å². The van der Waals surface area contributed by atoms with Crippen molar-refractivity contribution in [1.29, 1.82) is 0 Å². The first-order valence-corrected chi connectivity index (χ1v) is 30.4. The van der Waals surface area contributed by atoms with Gasteiger partial charge in [-0.15, -0.1) is 0 Å². The maximum Gasteiger partial charge on any atom is 0.306 e. The molecule has 6 heteroatoms. The van der Waals surface area contributed by atoms with Gasteiger partial charge in [0.05, 0.1) is 0 Å². The molecule has 0 aliphatic heterocycles. The number of hydrogen-bond acceptors (Lipinski definition) is 6. The van der Waals surface area contributed by atoms with E-state index >= 15 is 0 Å². The molecule has 0 aliphatic rings. The highest BCUT2D eigenvalue weighted by atomic mass is 16.6. The summed E-state index contributed by atoms with van der Waals surface area (Å²) in [4.78, 5) is 38.2. The van der Waals surface area contributed by atoms with Crippen LogP contribution < -0.4 is 0 Å². The van der Waals surface area contributed by atoms with Crippen LogP contribution in [0.1, 0.15) is 278 Å². The molecule has 0 aromatic carbocycles. The topological polar surface area (TPSA) is 78.9 Å². The molecule has 0 heterocycles. The lowest BCUT2D eigenvalue weighted by Crippen LogP contribution is -2.30. The summed E-state index contributed by atoms with van der Waals surface area (Å²) in [5, 5.41) is 0. The highest BCUT2D eigenvalue weighted by Gasteiger charge is 2.19. The predicted molar refractivity (Wildman–Crippen MR) is 316 cm³/mol. The molecule has 416 valence electrons.